The quantitative estimate of drug-likeness (QED) is 0.666. The summed E-state index contributed by atoms with van der Waals surface area (Å²) in [6, 6.07) is 6.10. The summed E-state index contributed by atoms with van der Waals surface area (Å²) in [5.41, 5.74) is 0.729. The molecule has 0 spiro atoms. The van der Waals surface area contributed by atoms with E-state index in [0.717, 1.165) is 5.46 Å². The van der Waals surface area contributed by atoms with Crippen molar-refractivity contribution in [1.29, 1.82) is 0 Å². The molecular formula is C11H13BFO3-. The van der Waals surface area contributed by atoms with Gasteiger partial charge in [-0.15, -0.1) is 5.46 Å². The van der Waals surface area contributed by atoms with Gasteiger partial charge in [-0.25, -0.2) is 4.39 Å². The standard InChI is InChI=1S/C11H13BFO3/c1-11-6-14-12(15-7-11,16-8-11)9-2-4-10(13)5-3-9/h2-5H,6-8H2,1H3/q-1. The molecule has 0 aromatic heterocycles. The highest BCUT2D eigenvalue weighted by atomic mass is 19.1. The minimum Gasteiger partial charge on any atom is -0.540 e. The molecule has 5 heteroatoms. The Morgan fingerprint density at radius 3 is 2.06 bits per heavy atom. The number of halogens is 1. The molecule has 3 heterocycles. The fourth-order valence-electron chi connectivity index (χ4n) is 2.19. The molecule has 0 radical (unpaired) electrons. The molecule has 3 aliphatic heterocycles. The van der Waals surface area contributed by atoms with E-state index in [9.17, 15) is 4.39 Å². The maximum absolute atomic E-state index is 12.8. The van der Waals surface area contributed by atoms with Gasteiger partial charge in [-0.2, -0.15) is 0 Å². The van der Waals surface area contributed by atoms with Crippen LogP contribution in [0.5, 0.6) is 0 Å². The van der Waals surface area contributed by atoms with Crippen molar-refractivity contribution < 1.29 is 18.4 Å². The van der Waals surface area contributed by atoms with Crippen LogP contribution in [-0.2, 0) is 14.0 Å². The van der Waals surface area contributed by atoms with Crippen molar-refractivity contribution in [2.75, 3.05) is 19.8 Å². The first-order valence-electron chi connectivity index (χ1n) is 5.43. The fourth-order valence-corrected chi connectivity index (χ4v) is 2.19. The second-order valence-electron chi connectivity index (χ2n) is 4.94. The summed E-state index contributed by atoms with van der Waals surface area (Å²) in [6.07, 6.45) is 0. The van der Waals surface area contributed by atoms with Crippen molar-refractivity contribution in [2.45, 2.75) is 6.92 Å². The van der Waals surface area contributed by atoms with Crippen LogP contribution >= 0.6 is 0 Å². The predicted molar refractivity (Wildman–Crippen MR) is 57.8 cm³/mol. The van der Waals surface area contributed by atoms with E-state index in [4.69, 9.17) is 14.0 Å². The molecule has 4 rings (SSSR count). The summed E-state index contributed by atoms with van der Waals surface area (Å²) in [5.74, 6) is -0.271. The largest absolute Gasteiger partial charge is 0.540 e. The maximum Gasteiger partial charge on any atom is 0.409 e. The van der Waals surface area contributed by atoms with Crippen LogP contribution in [0.4, 0.5) is 4.39 Å². The highest BCUT2D eigenvalue weighted by Crippen LogP contribution is 2.34. The normalized spacial score (nSPS) is 37.6. The summed E-state index contributed by atoms with van der Waals surface area (Å²) in [4.78, 5) is 0. The van der Waals surface area contributed by atoms with Gasteiger partial charge in [-0.1, -0.05) is 19.1 Å². The smallest absolute Gasteiger partial charge is 0.409 e. The molecule has 0 unspecified atom stereocenters. The average molecular weight is 223 g/mol. The lowest BCUT2D eigenvalue weighted by molar-refractivity contribution is -0.119. The van der Waals surface area contributed by atoms with Crippen LogP contribution in [0.25, 0.3) is 0 Å². The van der Waals surface area contributed by atoms with E-state index in [0.29, 0.717) is 19.8 Å². The Kier molecular flexibility index (Phi) is 2.11. The van der Waals surface area contributed by atoms with E-state index >= 15 is 0 Å². The van der Waals surface area contributed by atoms with Gasteiger partial charge in [0.2, 0.25) is 0 Å². The van der Waals surface area contributed by atoms with Crippen molar-refractivity contribution in [3.05, 3.63) is 30.1 Å². The van der Waals surface area contributed by atoms with Gasteiger partial charge in [0.15, 0.2) is 0 Å². The summed E-state index contributed by atoms with van der Waals surface area (Å²) >= 11 is 0. The Morgan fingerprint density at radius 1 is 1.06 bits per heavy atom. The molecule has 2 bridgehead atoms. The molecule has 1 aromatic rings. The summed E-state index contributed by atoms with van der Waals surface area (Å²) in [7, 11) is 0. The van der Waals surface area contributed by atoms with Crippen LogP contribution in [0.15, 0.2) is 24.3 Å². The molecule has 0 aliphatic carbocycles. The number of hydrogen-bond acceptors (Lipinski definition) is 3. The van der Waals surface area contributed by atoms with Gasteiger partial charge >= 0.3 is 6.75 Å². The zero-order valence-corrected chi connectivity index (χ0v) is 9.11. The third kappa shape index (κ3) is 1.47. The molecule has 86 valence electrons. The summed E-state index contributed by atoms with van der Waals surface area (Å²) in [6.45, 7) is 2.12. The number of fused-ring (bicyclic) bond motifs is 3. The lowest BCUT2D eigenvalue weighted by Gasteiger charge is -2.58. The number of rotatable bonds is 1. The molecule has 1 aromatic carbocycles. The van der Waals surface area contributed by atoms with Gasteiger partial charge in [-0.3, -0.25) is 0 Å². The molecule has 0 atom stereocenters. The highest BCUT2D eigenvalue weighted by Gasteiger charge is 2.46. The van der Waals surface area contributed by atoms with Gasteiger partial charge in [-0.05, 0) is 12.1 Å². The molecule has 0 N–H and O–H groups in total. The Hall–Kier alpha value is -0.905. The molecule has 0 saturated carbocycles. The molecular weight excluding hydrogens is 210 g/mol. The van der Waals surface area contributed by atoms with Crippen LogP contribution in [0.1, 0.15) is 6.92 Å². The Labute approximate surface area is 93.5 Å². The van der Waals surface area contributed by atoms with Crippen LogP contribution in [-0.4, -0.2) is 26.6 Å². The van der Waals surface area contributed by atoms with E-state index in [-0.39, 0.29) is 11.2 Å². The van der Waals surface area contributed by atoms with E-state index in [1.165, 1.54) is 12.1 Å². The van der Waals surface area contributed by atoms with Crippen molar-refractivity contribution in [2.24, 2.45) is 5.41 Å². The molecule has 3 fully saturated rings. The number of benzene rings is 1. The third-order valence-corrected chi connectivity index (χ3v) is 3.23. The van der Waals surface area contributed by atoms with Crippen molar-refractivity contribution in [1.82, 2.24) is 0 Å². The monoisotopic (exact) mass is 223 g/mol. The Balaban J connectivity index is 1.92. The molecule has 16 heavy (non-hydrogen) atoms. The zero-order chi connectivity index (χ0) is 11.2. The van der Waals surface area contributed by atoms with E-state index in [1.54, 1.807) is 12.1 Å². The minimum absolute atomic E-state index is 0.0382. The van der Waals surface area contributed by atoms with Crippen LogP contribution < -0.4 is 5.46 Å². The van der Waals surface area contributed by atoms with Gasteiger partial charge in [0.05, 0.1) is 0 Å². The first kappa shape index (κ1) is 10.3. The van der Waals surface area contributed by atoms with Crippen LogP contribution in [0.2, 0.25) is 0 Å². The first-order valence-corrected chi connectivity index (χ1v) is 5.43. The Morgan fingerprint density at radius 2 is 1.56 bits per heavy atom. The van der Waals surface area contributed by atoms with E-state index in [2.05, 4.69) is 6.92 Å². The van der Waals surface area contributed by atoms with Crippen LogP contribution in [0, 0.1) is 11.2 Å². The van der Waals surface area contributed by atoms with Gasteiger partial charge in [0.1, 0.15) is 5.82 Å². The Bertz CT molecular complexity index is 382. The van der Waals surface area contributed by atoms with E-state index < -0.39 is 6.75 Å². The van der Waals surface area contributed by atoms with Gasteiger partial charge in [0.25, 0.3) is 0 Å². The maximum atomic E-state index is 12.8. The van der Waals surface area contributed by atoms with E-state index in [1.807, 2.05) is 0 Å². The topological polar surface area (TPSA) is 27.7 Å². The fraction of sp³-hybridized carbons (Fsp3) is 0.455. The molecule has 3 aliphatic rings. The average Bonchev–Trinajstić information content (AvgIpc) is 2.31. The van der Waals surface area contributed by atoms with Crippen molar-refractivity contribution in [3.8, 4) is 0 Å². The second kappa shape index (κ2) is 3.29. The van der Waals surface area contributed by atoms with Crippen LogP contribution in [0.3, 0.4) is 0 Å². The highest BCUT2D eigenvalue weighted by molar-refractivity contribution is 6.75. The SMILES string of the molecule is CC12CO[B-](c3ccc(F)cc3)(OC1)OC2. The molecule has 3 saturated heterocycles. The molecule has 3 nitrogen and oxygen atoms in total. The predicted octanol–water partition coefficient (Wildman–Crippen LogP) is 1.05. The molecule has 0 amide bonds. The summed E-state index contributed by atoms with van der Waals surface area (Å²) < 4.78 is 29.9. The van der Waals surface area contributed by atoms with Crippen molar-refractivity contribution in [3.63, 3.8) is 0 Å². The minimum atomic E-state index is -1.83. The lowest BCUT2D eigenvalue weighted by Crippen LogP contribution is -2.68. The second-order valence-corrected chi connectivity index (χ2v) is 4.94. The summed E-state index contributed by atoms with van der Waals surface area (Å²) in [5, 5.41) is 0. The number of hydrogen-bond donors (Lipinski definition) is 0. The lowest BCUT2D eigenvalue weighted by atomic mass is 9.64. The van der Waals surface area contributed by atoms with Gasteiger partial charge < -0.3 is 14.0 Å². The first-order chi connectivity index (χ1) is 7.62. The van der Waals surface area contributed by atoms with Gasteiger partial charge in [0, 0.05) is 25.2 Å². The zero-order valence-electron chi connectivity index (χ0n) is 9.11. The third-order valence-electron chi connectivity index (χ3n) is 3.23. The van der Waals surface area contributed by atoms with Crippen molar-refractivity contribution >= 4 is 12.2 Å².